The predicted octanol–water partition coefficient (Wildman–Crippen LogP) is 2.28. The number of benzene rings is 1. The van der Waals surface area contributed by atoms with Gasteiger partial charge in [-0.25, -0.2) is 17.5 Å². The Labute approximate surface area is 142 Å². The van der Waals surface area contributed by atoms with Gasteiger partial charge in [0.05, 0.1) is 10.9 Å². The summed E-state index contributed by atoms with van der Waals surface area (Å²) >= 11 is 0. The SMILES string of the molecule is Cn1cccc1[C@@H](CNS(=O)(=O)c1cccc(F)c1)N1CCCC1. The average Bonchev–Trinajstić information content (AvgIpc) is 3.20. The maximum Gasteiger partial charge on any atom is 0.240 e. The lowest BCUT2D eigenvalue weighted by Gasteiger charge is -2.28. The van der Waals surface area contributed by atoms with Crippen LogP contribution in [0.1, 0.15) is 24.6 Å². The highest BCUT2D eigenvalue weighted by Crippen LogP contribution is 2.25. The van der Waals surface area contributed by atoms with Crippen molar-refractivity contribution in [3.05, 3.63) is 54.1 Å². The van der Waals surface area contributed by atoms with Gasteiger partial charge in [0.1, 0.15) is 5.82 Å². The molecule has 2 heterocycles. The van der Waals surface area contributed by atoms with Crippen LogP contribution in [0, 0.1) is 5.82 Å². The van der Waals surface area contributed by atoms with E-state index in [1.807, 2.05) is 29.9 Å². The van der Waals surface area contributed by atoms with Gasteiger partial charge in [-0.3, -0.25) is 4.90 Å². The monoisotopic (exact) mass is 351 g/mol. The van der Waals surface area contributed by atoms with Crippen LogP contribution in [0.15, 0.2) is 47.5 Å². The zero-order valence-corrected chi connectivity index (χ0v) is 14.5. The molecular formula is C17H22FN3O2S. The van der Waals surface area contributed by atoms with Gasteiger partial charge in [0.2, 0.25) is 10.0 Å². The molecule has 0 bridgehead atoms. The van der Waals surface area contributed by atoms with Crippen molar-refractivity contribution in [1.82, 2.24) is 14.2 Å². The summed E-state index contributed by atoms with van der Waals surface area (Å²) in [6.07, 6.45) is 4.20. The first-order chi connectivity index (χ1) is 11.5. The highest BCUT2D eigenvalue weighted by molar-refractivity contribution is 7.89. The van der Waals surface area contributed by atoms with Gasteiger partial charge >= 0.3 is 0 Å². The van der Waals surface area contributed by atoms with Crippen molar-refractivity contribution in [3.8, 4) is 0 Å². The molecule has 2 aromatic rings. The molecule has 0 unspecified atom stereocenters. The molecule has 1 aliphatic rings. The molecule has 1 atom stereocenters. The lowest BCUT2D eigenvalue weighted by Crippen LogP contribution is -2.37. The summed E-state index contributed by atoms with van der Waals surface area (Å²) in [7, 11) is -1.78. The summed E-state index contributed by atoms with van der Waals surface area (Å²) < 4.78 is 42.9. The van der Waals surface area contributed by atoms with E-state index in [4.69, 9.17) is 0 Å². The normalized spacial score (nSPS) is 17.2. The number of likely N-dealkylation sites (tertiary alicyclic amines) is 1. The Bertz CT molecular complexity index is 798. The average molecular weight is 351 g/mol. The summed E-state index contributed by atoms with van der Waals surface area (Å²) in [5.41, 5.74) is 1.07. The van der Waals surface area contributed by atoms with Crippen LogP contribution in [-0.2, 0) is 17.1 Å². The molecule has 1 N–H and O–H groups in total. The highest BCUT2D eigenvalue weighted by atomic mass is 32.2. The van der Waals surface area contributed by atoms with Crippen LogP contribution in [0.3, 0.4) is 0 Å². The van der Waals surface area contributed by atoms with E-state index in [0.717, 1.165) is 37.7 Å². The maximum atomic E-state index is 13.3. The maximum absolute atomic E-state index is 13.3. The second-order valence-electron chi connectivity index (χ2n) is 6.11. The molecule has 24 heavy (non-hydrogen) atoms. The van der Waals surface area contributed by atoms with Gasteiger partial charge in [-0.15, -0.1) is 0 Å². The van der Waals surface area contributed by atoms with E-state index < -0.39 is 15.8 Å². The third-order valence-electron chi connectivity index (χ3n) is 4.48. The lowest BCUT2D eigenvalue weighted by atomic mass is 10.2. The summed E-state index contributed by atoms with van der Waals surface area (Å²) in [6, 6.07) is 9.01. The number of aryl methyl sites for hydroxylation is 1. The molecule has 1 aromatic carbocycles. The summed E-state index contributed by atoms with van der Waals surface area (Å²) in [5, 5.41) is 0. The van der Waals surface area contributed by atoms with Crippen LogP contribution >= 0.6 is 0 Å². The van der Waals surface area contributed by atoms with Crippen molar-refractivity contribution in [1.29, 1.82) is 0 Å². The fraction of sp³-hybridized carbons (Fsp3) is 0.412. The number of hydrogen-bond donors (Lipinski definition) is 1. The Kier molecular flexibility index (Phi) is 5.03. The Morgan fingerprint density at radius 3 is 2.58 bits per heavy atom. The van der Waals surface area contributed by atoms with Gasteiger partial charge in [0, 0.05) is 25.5 Å². The van der Waals surface area contributed by atoms with Crippen molar-refractivity contribution in [2.24, 2.45) is 7.05 Å². The summed E-state index contributed by atoms with van der Waals surface area (Å²) in [6.45, 7) is 2.17. The summed E-state index contributed by atoms with van der Waals surface area (Å²) in [4.78, 5) is 2.25. The molecular weight excluding hydrogens is 329 g/mol. The van der Waals surface area contributed by atoms with Gasteiger partial charge in [-0.05, 0) is 56.3 Å². The zero-order chi connectivity index (χ0) is 17.2. The topological polar surface area (TPSA) is 54.3 Å². The van der Waals surface area contributed by atoms with Gasteiger partial charge in [0.15, 0.2) is 0 Å². The lowest BCUT2D eigenvalue weighted by molar-refractivity contribution is 0.238. The molecule has 1 aliphatic heterocycles. The number of nitrogens with zero attached hydrogens (tertiary/aromatic N) is 2. The smallest absolute Gasteiger partial charge is 0.240 e. The van der Waals surface area contributed by atoms with Gasteiger partial charge in [-0.2, -0.15) is 0 Å². The van der Waals surface area contributed by atoms with Crippen LogP contribution in [0.4, 0.5) is 4.39 Å². The minimum Gasteiger partial charge on any atom is -0.353 e. The second kappa shape index (κ2) is 7.04. The minimum atomic E-state index is -3.74. The van der Waals surface area contributed by atoms with Gasteiger partial charge in [-0.1, -0.05) is 6.07 Å². The molecule has 1 saturated heterocycles. The van der Waals surface area contributed by atoms with E-state index in [1.165, 1.54) is 18.2 Å². The third-order valence-corrected chi connectivity index (χ3v) is 5.90. The first-order valence-corrected chi connectivity index (χ1v) is 9.56. The third kappa shape index (κ3) is 3.68. The molecule has 0 amide bonds. The second-order valence-corrected chi connectivity index (χ2v) is 7.88. The van der Waals surface area contributed by atoms with E-state index in [0.29, 0.717) is 0 Å². The van der Waals surface area contributed by atoms with E-state index in [9.17, 15) is 12.8 Å². The number of aromatic nitrogens is 1. The van der Waals surface area contributed by atoms with Crippen LogP contribution < -0.4 is 4.72 Å². The number of hydrogen-bond acceptors (Lipinski definition) is 3. The number of nitrogens with one attached hydrogen (secondary N) is 1. The van der Waals surface area contributed by atoms with Crippen molar-refractivity contribution in [3.63, 3.8) is 0 Å². The molecule has 0 radical (unpaired) electrons. The number of halogens is 1. The van der Waals surface area contributed by atoms with E-state index >= 15 is 0 Å². The quantitative estimate of drug-likeness (QED) is 0.869. The Hall–Kier alpha value is -1.70. The van der Waals surface area contributed by atoms with Crippen LogP contribution in [0.5, 0.6) is 0 Å². The van der Waals surface area contributed by atoms with E-state index in [2.05, 4.69) is 9.62 Å². The van der Waals surface area contributed by atoms with E-state index in [1.54, 1.807) is 0 Å². The van der Waals surface area contributed by atoms with Crippen LogP contribution in [0.25, 0.3) is 0 Å². The molecule has 0 aliphatic carbocycles. The standard InChI is InChI=1S/C17H22FN3O2S/c1-20-9-5-8-16(20)17(21-10-2-3-11-21)13-19-24(22,23)15-7-4-6-14(18)12-15/h4-9,12,17,19H,2-3,10-11,13H2,1H3/t17-/m1/s1. The predicted molar refractivity (Wildman–Crippen MR) is 90.5 cm³/mol. The Morgan fingerprint density at radius 2 is 1.96 bits per heavy atom. The highest BCUT2D eigenvalue weighted by Gasteiger charge is 2.27. The molecule has 1 fully saturated rings. The zero-order valence-electron chi connectivity index (χ0n) is 13.7. The van der Waals surface area contributed by atoms with Crippen molar-refractivity contribution < 1.29 is 12.8 Å². The first-order valence-electron chi connectivity index (χ1n) is 8.08. The minimum absolute atomic E-state index is 0.0316. The number of sulfonamides is 1. The van der Waals surface area contributed by atoms with Crippen LogP contribution in [-0.4, -0.2) is 37.5 Å². The molecule has 1 aromatic heterocycles. The van der Waals surface area contributed by atoms with E-state index in [-0.39, 0.29) is 17.5 Å². The fourth-order valence-electron chi connectivity index (χ4n) is 3.20. The first kappa shape index (κ1) is 17.1. The molecule has 0 saturated carbocycles. The molecule has 130 valence electrons. The van der Waals surface area contributed by atoms with Gasteiger partial charge in [0.25, 0.3) is 0 Å². The molecule has 5 nitrogen and oxygen atoms in total. The Morgan fingerprint density at radius 1 is 1.21 bits per heavy atom. The largest absolute Gasteiger partial charge is 0.353 e. The molecule has 3 rings (SSSR count). The molecule has 7 heteroatoms. The molecule has 0 spiro atoms. The number of rotatable bonds is 6. The van der Waals surface area contributed by atoms with Gasteiger partial charge < -0.3 is 4.57 Å². The fourth-order valence-corrected chi connectivity index (χ4v) is 4.27. The Balaban J connectivity index is 1.79. The van der Waals surface area contributed by atoms with Crippen molar-refractivity contribution in [2.75, 3.05) is 19.6 Å². The van der Waals surface area contributed by atoms with Crippen LogP contribution in [0.2, 0.25) is 0 Å². The van der Waals surface area contributed by atoms with Crippen molar-refractivity contribution >= 4 is 10.0 Å². The van der Waals surface area contributed by atoms with Crippen molar-refractivity contribution in [2.45, 2.75) is 23.8 Å². The summed E-state index contributed by atoms with van der Waals surface area (Å²) in [5.74, 6) is -0.559.